The minimum atomic E-state index is -1.47. The van der Waals surface area contributed by atoms with Gasteiger partial charge >= 0.3 is 12.0 Å². The number of aliphatic carboxylic acids is 1. The summed E-state index contributed by atoms with van der Waals surface area (Å²) in [6.45, 7) is 3.94. The van der Waals surface area contributed by atoms with Crippen LogP contribution in [-0.4, -0.2) is 53.2 Å². The van der Waals surface area contributed by atoms with Crippen molar-refractivity contribution in [2.24, 2.45) is 0 Å². The second-order valence-electron chi connectivity index (χ2n) is 6.41. The van der Waals surface area contributed by atoms with Gasteiger partial charge in [0.05, 0.1) is 0 Å². The van der Waals surface area contributed by atoms with E-state index in [2.05, 4.69) is 15.2 Å². The summed E-state index contributed by atoms with van der Waals surface area (Å²) >= 11 is 0. The maximum absolute atomic E-state index is 12.7. The van der Waals surface area contributed by atoms with Crippen LogP contribution < -0.4 is 10.2 Å². The van der Waals surface area contributed by atoms with Gasteiger partial charge in [0, 0.05) is 44.3 Å². The van der Waals surface area contributed by atoms with Crippen molar-refractivity contribution in [1.29, 1.82) is 0 Å². The first-order valence-corrected chi connectivity index (χ1v) is 8.52. The number of piperazine rings is 1. The topological polar surface area (TPSA) is 85.8 Å². The van der Waals surface area contributed by atoms with E-state index < -0.39 is 11.5 Å². The minimum absolute atomic E-state index is 0.367. The third-order valence-electron chi connectivity index (χ3n) is 4.73. The van der Waals surface area contributed by atoms with Crippen molar-refractivity contribution < 1.29 is 14.7 Å². The number of carboxylic acid groups (broad SMARTS) is 1. The third kappa shape index (κ3) is 3.61. The predicted octanol–water partition coefficient (Wildman–Crippen LogP) is 1.91. The lowest BCUT2D eigenvalue weighted by molar-refractivity contribution is -0.144. The molecule has 1 unspecified atom stereocenters. The molecule has 0 aliphatic carbocycles. The Hall–Kier alpha value is -3.09. The van der Waals surface area contributed by atoms with Gasteiger partial charge in [-0.3, -0.25) is 4.98 Å². The summed E-state index contributed by atoms with van der Waals surface area (Å²) in [4.78, 5) is 32.3. The zero-order chi connectivity index (χ0) is 18.6. The van der Waals surface area contributed by atoms with E-state index >= 15 is 0 Å². The highest BCUT2D eigenvalue weighted by molar-refractivity contribution is 5.87. The number of hydrogen-bond donors (Lipinski definition) is 2. The van der Waals surface area contributed by atoms with Crippen molar-refractivity contribution in [1.82, 2.24) is 15.2 Å². The lowest BCUT2D eigenvalue weighted by atomic mass is 9.92. The number of carboxylic acids is 1. The van der Waals surface area contributed by atoms with Gasteiger partial charge in [-0.1, -0.05) is 30.3 Å². The quantitative estimate of drug-likeness (QED) is 0.876. The molecule has 1 aromatic carbocycles. The van der Waals surface area contributed by atoms with Gasteiger partial charge in [0.2, 0.25) is 0 Å². The van der Waals surface area contributed by atoms with Crippen LogP contribution in [0.15, 0.2) is 54.9 Å². The van der Waals surface area contributed by atoms with Gasteiger partial charge in [-0.25, -0.2) is 9.59 Å². The average Bonchev–Trinajstić information content (AvgIpc) is 2.69. The monoisotopic (exact) mass is 354 g/mol. The summed E-state index contributed by atoms with van der Waals surface area (Å²) in [5.74, 6) is -1.09. The highest BCUT2D eigenvalue weighted by Crippen LogP contribution is 2.22. The molecule has 1 fully saturated rings. The van der Waals surface area contributed by atoms with Crippen LogP contribution in [0.2, 0.25) is 0 Å². The molecule has 2 aromatic rings. The van der Waals surface area contributed by atoms with E-state index in [1.807, 2.05) is 18.2 Å². The van der Waals surface area contributed by atoms with Crippen LogP contribution in [0.3, 0.4) is 0 Å². The van der Waals surface area contributed by atoms with E-state index in [1.54, 1.807) is 41.6 Å². The first-order chi connectivity index (χ1) is 12.5. The largest absolute Gasteiger partial charge is 0.479 e. The van der Waals surface area contributed by atoms with Crippen LogP contribution in [0.1, 0.15) is 12.5 Å². The van der Waals surface area contributed by atoms with Gasteiger partial charge in [-0.05, 0) is 24.6 Å². The molecule has 2 N–H and O–H groups in total. The molecule has 1 aliphatic heterocycles. The molecule has 0 radical (unpaired) electrons. The number of rotatable bonds is 4. The summed E-state index contributed by atoms with van der Waals surface area (Å²) in [6.07, 6.45) is 3.49. The lowest BCUT2D eigenvalue weighted by Gasteiger charge is -2.37. The molecule has 7 nitrogen and oxygen atoms in total. The Morgan fingerprint density at radius 2 is 1.65 bits per heavy atom. The summed E-state index contributed by atoms with van der Waals surface area (Å²) in [5, 5.41) is 12.4. The van der Waals surface area contributed by atoms with Crippen molar-refractivity contribution in [3.63, 3.8) is 0 Å². The standard InChI is InChI=1S/C19H22N4O3/c1-19(17(24)25,15-5-3-2-4-6-15)21-18(26)23-13-11-22(12-14-23)16-7-9-20-10-8-16/h2-10H,11-14H2,1H3,(H,21,26)(H,24,25). The Bertz CT molecular complexity index is 761. The third-order valence-corrected chi connectivity index (χ3v) is 4.73. The van der Waals surface area contributed by atoms with Gasteiger partial charge in [-0.15, -0.1) is 0 Å². The maximum atomic E-state index is 12.7. The Labute approximate surface area is 152 Å². The smallest absolute Gasteiger partial charge is 0.333 e. The first kappa shape index (κ1) is 17.7. The van der Waals surface area contributed by atoms with Crippen LogP contribution >= 0.6 is 0 Å². The number of hydrogen-bond acceptors (Lipinski definition) is 4. The fourth-order valence-corrected chi connectivity index (χ4v) is 3.04. The molecule has 7 heteroatoms. The molecule has 0 spiro atoms. The zero-order valence-corrected chi connectivity index (χ0v) is 14.6. The van der Waals surface area contributed by atoms with Crippen LogP contribution in [-0.2, 0) is 10.3 Å². The molecule has 1 aliphatic rings. The van der Waals surface area contributed by atoms with E-state index in [-0.39, 0.29) is 6.03 Å². The Balaban J connectivity index is 1.65. The van der Waals surface area contributed by atoms with Crippen molar-refractivity contribution in [3.8, 4) is 0 Å². The fraction of sp³-hybridized carbons (Fsp3) is 0.316. The molecule has 2 heterocycles. The number of pyridine rings is 1. The normalized spacial score (nSPS) is 16.7. The second kappa shape index (κ2) is 7.43. The molecule has 1 aromatic heterocycles. The maximum Gasteiger partial charge on any atom is 0.333 e. The van der Waals surface area contributed by atoms with Gasteiger partial charge in [0.15, 0.2) is 5.54 Å². The van der Waals surface area contributed by atoms with Crippen LogP contribution in [0.5, 0.6) is 0 Å². The summed E-state index contributed by atoms with van der Waals surface area (Å²) in [7, 11) is 0. The Kier molecular flexibility index (Phi) is 5.06. The van der Waals surface area contributed by atoms with Crippen molar-refractivity contribution >= 4 is 17.7 Å². The highest BCUT2D eigenvalue weighted by atomic mass is 16.4. The molecule has 136 valence electrons. The molecule has 0 saturated carbocycles. The lowest BCUT2D eigenvalue weighted by Crippen LogP contribution is -2.57. The van der Waals surface area contributed by atoms with E-state index in [0.717, 1.165) is 5.69 Å². The number of benzene rings is 1. The van der Waals surface area contributed by atoms with E-state index in [9.17, 15) is 14.7 Å². The molecule has 0 bridgehead atoms. The molecule has 1 atom stereocenters. The van der Waals surface area contributed by atoms with Crippen LogP contribution in [0, 0.1) is 0 Å². The minimum Gasteiger partial charge on any atom is -0.479 e. The number of aromatic nitrogens is 1. The Morgan fingerprint density at radius 3 is 2.23 bits per heavy atom. The number of carbonyl (C=O) groups excluding carboxylic acids is 1. The van der Waals surface area contributed by atoms with E-state index in [4.69, 9.17) is 0 Å². The average molecular weight is 354 g/mol. The number of amides is 2. The summed E-state index contributed by atoms with van der Waals surface area (Å²) in [5.41, 5.74) is 0.136. The van der Waals surface area contributed by atoms with Crippen molar-refractivity contribution in [3.05, 3.63) is 60.4 Å². The van der Waals surface area contributed by atoms with Gasteiger partial charge in [-0.2, -0.15) is 0 Å². The molecular weight excluding hydrogens is 332 g/mol. The molecule has 26 heavy (non-hydrogen) atoms. The molecule has 3 rings (SSSR count). The summed E-state index contributed by atoms with van der Waals surface area (Å²) in [6, 6.07) is 12.2. The summed E-state index contributed by atoms with van der Waals surface area (Å²) < 4.78 is 0. The molecule has 2 amide bonds. The number of nitrogens with one attached hydrogen (secondary N) is 1. The second-order valence-corrected chi connectivity index (χ2v) is 6.41. The van der Waals surface area contributed by atoms with Crippen molar-refractivity contribution in [2.75, 3.05) is 31.1 Å². The van der Waals surface area contributed by atoms with Crippen LogP contribution in [0.25, 0.3) is 0 Å². The van der Waals surface area contributed by atoms with E-state index in [0.29, 0.717) is 31.7 Å². The Morgan fingerprint density at radius 1 is 1.04 bits per heavy atom. The molecule has 1 saturated heterocycles. The van der Waals surface area contributed by atoms with Gasteiger partial charge in [0.1, 0.15) is 0 Å². The zero-order valence-electron chi connectivity index (χ0n) is 14.6. The predicted molar refractivity (Wildman–Crippen MR) is 98.0 cm³/mol. The van der Waals surface area contributed by atoms with Crippen LogP contribution in [0.4, 0.5) is 10.5 Å². The SMILES string of the molecule is CC(NC(=O)N1CCN(c2ccncc2)CC1)(C(=O)O)c1ccccc1. The van der Waals surface area contributed by atoms with E-state index in [1.165, 1.54) is 6.92 Å². The van der Waals surface area contributed by atoms with Crippen molar-refractivity contribution in [2.45, 2.75) is 12.5 Å². The number of urea groups is 1. The number of carbonyl (C=O) groups is 2. The number of nitrogens with zero attached hydrogens (tertiary/aromatic N) is 3. The fourth-order valence-electron chi connectivity index (χ4n) is 3.04. The number of anilines is 1. The highest BCUT2D eigenvalue weighted by Gasteiger charge is 2.38. The van der Waals surface area contributed by atoms with Gasteiger partial charge in [0.25, 0.3) is 0 Å². The molecular formula is C19H22N4O3. The van der Waals surface area contributed by atoms with Gasteiger partial charge < -0.3 is 20.2 Å². The first-order valence-electron chi connectivity index (χ1n) is 8.52.